The van der Waals surface area contributed by atoms with E-state index in [0.717, 1.165) is 43.1 Å². The van der Waals surface area contributed by atoms with Gasteiger partial charge in [0.1, 0.15) is 5.69 Å². The normalized spacial score (nSPS) is 15.1. The summed E-state index contributed by atoms with van der Waals surface area (Å²) in [7, 11) is 0. The van der Waals surface area contributed by atoms with E-state index in [4.69, 9.17) is 16.1 Å². The van der Waals surface area contributed by atoms with Crippen LogP contribution in [0.2, 0.25) is 5.02 Å². The molecule has 146 valence electrons. The predicted molar refractivity (Wildman–Crippen MR) is 111 cm³/mol. The average molecular weight is 399 g/mol. The Morgan fingerprint density at radius 3 is 2.75 bits per heavy atom. The Morgan fingerprint density at radius 1 is 1.11 bits per heavy atom. The summed E-state index contributed by atoms with van der Waals surface area (Å²) in [4.78, 5) is 16.9. The lowest BCUT2D eigenvalue weighted by Crippen LogP contribution is -2.48. The van der Waals surface area contributed by atoms with Crippen molar-refractivity contribution in [3.63, 3.8) is 0 Å². The summed E-state index contributed by atoms with van der Waals surface area (Å²) < 4.78 is 5.25. The van der Waals surface area contributed by atoms with Gasteiger partial charge in [-0.2, -0.15) is 0 Å². The van der Waals surface area contributed by atoms with E-state index in [1.54, 1.807) is 0 Å². The third-order valence-electron chi connectivity index (χ3n) is 5.08. The van der Waals surface area contributed by atoms with Gasteiger partial charge in [0.2, 0.25) is 5.91 Å². The number of fused-ring (bicyclic) bond motifs is 1. The third kappa shape index (κ3) is 4.46. The van der Waals surface area contributed by atoms with Gasteiger partial charge in [0.15, 0.2) is 5.58 Å². The zero-order valence-electron chi connectivity index (χ0n) is 15.6. The number of carbonyl (C=O) groups is 1. The molecule has 2 heterocycles. The minimum atomic E-state index is -0.0309. The van der Waals surface area contributed by atoms with Crippen LogP contribution in [0.4, 0.5) is 5.69 Å². The smallest absolute Gasteiger partial charge is 0.226 e. The maximum Gasteiger partial charge on any atom is 0.226 e. The fourth-order valence-electron chi connectivity index (χ4n) is 3.54. The third-order valence-corrected chi connectivity index (χ3v) is 5.31. The number of amides is 1. The zero-order chi connectivity index (χ0) is 19.3. The van der Waals surface area contributed by atoms with Crippen molar-refractivity contribution >= 4 is 34.2 Å². The summed E-state index contributed by atoms with van der Waals surface area (Å²) in [5, 5.41) is 8.67. The van der Waals surface area contributed by atoms with Crippen molar-refractivity contribution in [1.29, 1.82) is 0 Å². The molecule has 1 N–H and O–H groups in total. The van der Waals surface area contributed by atoms with Crippen LogP contribution in [0.1, 0.15) is 5.69 Å². The number of halogens is 1. The summed E-state index contributed by atoms with van der Waals surface area (Å²) in [6.45, 7) is 5.32. The summed E-state index contributed by atoms with van der Waals surface area (Å²) in [6, 6.07) is 15.6. The van der Waals surface area contributed by atoms with Crippen LogP contribution in [0.25, 0.3) is 11.0 Å². The number of nitrogens with zero attached hydrogens (tertiary/aromatic N) is 3. The first-order valence-electron chi connectivity index (χ1n) is 9.52. The molecule has 0 aliphatic carbocycles. The van der Waals surface area contributed by atoms with Gasteiger partial charge >= 0.3 is 0 Å². The van der Waals surface area contributed by atoms with Crippen molar-refractivity contribution in [1.82, 2.24) is 15.4 Å². The summed E-state index contributed by atoms with van der Waals surface area (Å²) in [5.74, 6) is -0.0309. The van der Waals surface area contributed by atoms with Crippen LogP contribution in [-0.4, -0.2) is 55.2 Å². The van der Waals surface area contributed by atoms with Gasteiger partial charge in [0.25, 0.3) is 0 Å². The molecule has 3 aromatic rings. The minimum absolute atomic E-state index is 0.0309. The summed E-state index contributed by atoms with van der Waals surface area (Å²) >= 11 is 6.09. The quantitative estimate of drug-likeness (QED) is 0.691. The number of nitrogens with one attached hydrogen (secondary N) is 1. The molecule has 1 aromatic heterocycles. The Bertz CT molecular complexity index is 950. The highest BCUT2D eigenvalue weighted by molar-refractivity contribution is 6.30. The van der Waals surface area contributed by atoms with Gasteiger partial charge in [-0.3, -0.25) is 9.69 Å². The van der Waals surface area contributed by atoms with Gasteiger partial charge in [0, 0.05) is 55.4 Å². The Kier molecular flexibility index (Phi) is 5.78. The number of para-hydroxylation sites is 1. The van der Waals surface area contributed by atoms with Crippen molar-refractivity contribution in [3.8, 4) is 0 Å². The van der Waals surface area contributed by atoms with Gasteiger partial charge in [-0.25, -0.2) is 0 Å². The zero-order valence-corrected chi connectivity index (χ0v) is 16.4. The molecule has 1 amide bonds. The molecule has 0 saturated carbocycles. The first kappa shape index (κ1) is 18.8. The van der Waals surface area contributed by atoms with Crippen LogP contribution < -0.4 is 10.2 Å². The van der Waals surface area contributed by atoms with E-state index in [1.807, 2.05) is 42.5 Å². The fourth-order valence-corrected chi connectivity index (χ4v) is 3.72. The maximum absolute atomic E-state index is 12.2. The van der Waals surface area contributed by atoms with Crippen LogP contribution >= 0.6 is 11.6 Å². The van der Waals surface area contributed by atoms with Crippen molar-refractivity contribution in [2.75, 3.05) is 44.2 Å². The first-order valence-corrected chi connectivity index (χ1v) is 9.90. The van der Waals surface area contributed by atoms with E-state index in [-0.39, 0.29) is 12.3 Å². The number of carbonyl (C=O) groups excluding carboxylic acids is 1. The van der Waals surface area contributed by atoms with Crippen molar-refractivity contribution in [2.45, 2.75) is 6.42 Å². The highest BCUT2D eigenvalue weighted by atomic mass is 35.5. The number of anilines is 1. The molecule has 0 spiro atoms. The molecular formula is C21H23ClN4O2. The van der Waals surface area contributed by atoms with E-state index in [2.05, 4.69) is 26.3 Å². The van der Waals surface area contributed by atoms with E-state index < -0.39 is 0 Å². The van der Waals surface area contributed by atoms with Crippen LogP contribution in [0, 0.1) is 0 Å². The molecule has 0 bridgehead atoms. The van der Waals surface area contributed by atoms with Crippen LogP contribution in [0.5, 0.6) is 0 Å². The van der Waals surface area contributed by atoms with Gasteiger partial charge in [0.05, 0.1) is 6.42 Å². The van der Waals surface area contributed by atoms with Crippen molar-refractivity contribution in [2.24, 2.45) is 0 Å². The average Bonchev–Trinajstić information content (AvgIpc) is 3.11. The Morgan fingerprint density at radius 2 is 1.93 bits per heavy atom. The number of hydrogen-bond acceptors (Lipinski definition) is 5. The largest absolute Gasteiger partial charge is 0.369 e. The van der Waals surface area contributed by atoms with Crippen LogP contribution in [0.15, 0.2) is 53.1 Å². The fraction of sp³-hybridized carbons (Fsp3) is 0.333. The van der Waals surface area contributed by atoms with E-state index in [1.165, 1.54) is 5.69 Å². The molecule has 6 nitrogen and oxygen atoms in total. The van der Waals surface area contributed by atoms with Crippen LogP contribution in [0.3, 0.4) is 0 Å². The number of benzene rings is 2. The molecule has 1 fully saturated rings. The molecule has 4 rings (SSSR count). The topological polar surface area (TPSA) is 61.6 Å². The minimum Gasteiger partial charge on any atom is -0.369 e. The van der Waals surface area contributed by atoms with Gasteiger partial charge in [-0.1, -0.05) is 35.0 Å². The molecule has 0 atom stereocenters. The number of piperazine rings is 1. The standard InChI is InChI=1S/C21H23ClN4O2/c22-16-4-3-5-17(14-16)26-12-10-25(11-13-26)9-8-23-21(27)15-19-18-6-1-2-7-20(18)28-24-19/h1-7,14H,8-13,15H2,(H,23,27). The van der Waals surface area contributed by atoms with Crippen LogP contribution in [-0.2, 0) is 11.2 Å². The number of aromatic nitrogens is 1. The maximum atomic E-state index is 12.2. The lowest BCUT2D eigenvalue weighted by atomic mass is 10.1. The van der Waals surface area contributed by atoms with Crippen molar-refractivity contribution in [3.05, 3.63) is 59.2 Å². The summed E-state index contributed by atoms with van der Waals surface area (Å²) in [6.07, 6.45) is 0.236. The van der Waals surface area contributed by atoms with Gasteiger partial charge < -0.3 is 14.7 Å². The monoisotopic (exact) mass is 398 g/mol. The molecule has 1 aliphatic heterocycles. The first-order chi connectivity index (χ1) is 13.7. The molecule has 28 heavy (non-hydrogen) atoms. The second-order valence-electron chi connectivity index (χ2n) is 6.96. The van der Waals surface area contributed by atoms with E-state index >= 15 is 0 Å². The molecule has 0 radical (unpaired) electrons. The molecule has 1 aliphatic rings. The Balaban J connectivity index is 1.20. The Hall–Kier alpha value is -2.57. The predicted octanol–water partition coefficient (Wildman–Crippen LogP) is 2.96. The molecule has 1 saturated heterocycles. The molecule has 2 aromatic carbocycles. The molecule has 0 unspecified atom stereocenters. The summed E-state index contributed by atoms with van der Waals surface area (Å²) in [5.41, 5.74) is 2.56. The van der Waals surface area contributed by atoms with Gasteiger partial charge in [-0.15, -0.1) is 0 Å². The van der Waals surface area contributed by atoms with Gasteiger partial charge in [-0.05, 0) is 30.3 Å². The highest BCUT2D eigenvalue weighted by Gasteiger charge is 2.17. The molecule has 7 heteroatoms. The number of rotatable bonds is 6. The van der Waals surface area contributed by atoms with Crippen molar-refractivity contribution < 1.29 is 9.32 Å². The lowest BCUT2D eigenvalue weighted by molar-refractivity contribution is -0.120. The molecular weight excluding hydrogens is 376 g/mol. The lowest BCUT2D eigenvalue weighted by Gasteiger charge is -2.36. The number of hydrogen-bond donors (Lipinski definition) is 1. The second-order valence-corrected chi connectivity index (χ2v) is 7.40. The van der Waals surface area contributed by atoms with E-state index in [0.29, 0.717) is 17.8 Å². The second kappa shape index (κ2) is 8.63. The Labute approximate surface area is 169 Å². The highest BCUT2D eigenvalue weighted by Crippen LogP contribution is 2.21. The van der Waals surface area contributed by atoms with E-state index in [9.17, 15) is 4.79 Å². The SMILES string of the molecule is O=C(Cc1noc2ccccc12)NCCN1CCN(c2cccc(Cl)c2)CC1.